The summed E-state index contributed by atoms with van der Waals surface area (Å²) in [6.45, 7) is 1.72. The summed E-state index contributed by atoms with van der Waals surface area (Å²) in [6.07, 6.45) is 1.46. The number of fused-ring (bicyclic) bond motifs is 1. The van der Waals surface area contributed by atoms with E-state index in [-0.39, 0.29) is 5.56 Å². The Hall–Kier alpha value is -2.09. The summed E-state index contributed by atoms with van der Waals surface area (Å²) in [5, 5.41) is 11.3. The molecule has 0 fully saturated rings. The molecule has 2 aromatic rings. The standard InChI is InChI=1S/C8H6N4O/c1-5-2-7(13)12-8(11-5)6(3-9)4-10-12/h2,4,10H,1H3. The van der Waals surface area contributed by atoms with Gasteiger partial charge < -0.3 is 0 Å². The van der Waals surface area contributed by atoms with Gasteiger partial charge in [0.1, 0.15) is 11.6 Å². The number of nitriles is 1. The third-order valence-electron chi connectivity index (χ3n) is 1.75. The Morgan fingerprint density at radius 2 is 2.46 bits per heavy atom. The van der Waals surface area contributed by atoms with Gasteiger partial charge in [0.05, 0.1) is 0 Å². The Morgan fingerprint density at radius 1 is 1.69 bits per heavy atom. The van der Waals surface area contributed by atoms with Crippen LogP contribution in [0.5, 0.6) is 0 Å². The van der Waals surface area contributed by atoms with Crippen molar-refractivity contribution in [2.45, 2.75) is 6.92 Å². The summed E-state index contributed by atoms with van der Waals surface area (Å²) < 4.78 is 1.24. The third kappa shape index (κ3) is 0.999. The van der Waals surface area contributed by atoms with E-state index in [2.05, 4.69) is 10.1 Å². The molecule has 2 rings (SSSR count). The van der Waals surface area contributed by atoms with Crippen LogP contribution in [0.4, 0.5) is 0 Å². The molecule has 0 aromatic carbocycles. The number of aromatic amines is 1. The minimum absolute atomic E-state index is 0.205. The highest BCUT2D eigenvalue weighted by Crippen LogP contribution is 2.03. The van der Waals surface area contributed by atoms with Crippen molar-refractivity contribution in [3.63, 3.8) is 0 Å². The zero-order valence-electron chi connectivity index (χ0n) is 6.90. The van der Waals surface area contributed by atoms with Gasteiger partial charge in [0.25, 0.3) is 5.56 Å². The van der Waals surface area contributed by atoms with E-state index in [0.717, 1.165) is 0 Å². The third-order valence-corrected chi connectivity index (χ3v) is 1.75. The van der Waals surface area contributed by atoms with Crippen LogP contribution in [-0.2, 0) is 0 Å². The van der Waals surface area contributed by atoms with E-state index in [1.165, 1.54) is 16.8 Å². The van der Waals surface area contributed by atoms with Gasteiger partial charge in [0.15, 0.2) is 5.65 Å². The van der Waals surface area contributed by atoms with Gasteiger partial charge in [-0.05, 0) is 6.92 Å². The lowest BCUT2D eigenvalue weighted by atomic mass is 10.3. The Labute approximate surface area is 73.2 Å². The Balaban J connectivity index is 3.00. The quantitative estimate of drug-likeness (QED) is 0.620. The molecule has 0 saturated heterocycles. The van der Waals surface area contributed by atoms with E-state index in [1.807, 2.05) is 6.07 Å². The fraction of sp³-hybridized carbons (Fsp3) is 0.125. The highest BCUT2D eigenvalue weighted by Gasteiger charge is 2.05. The monoisotopic (exact) mass is 174 g/mol. The van der Waals surface area contributed by atoms with Gasteiger partial charge in [0, 0.05) is 18.0 Å². The van der Waals surface area contributed by atoms with Crippen LogP contribution < -0.4 is 5.56 Å². The lowest BCUT2D eigenvalue weighted by molar-refractivity contribution is 0.890. The summed E-state index contributed by atoms with van der Waals surface area (Å²) in [4.78, 5) is 15.4. The van der Waals surface area contributed by atoms with Crippen LogP contribution >= 0.6 is 0 Å². The van der Waals surface area contributed by atoms with E-state index in [4.69, 9.17) is 5.26 Å². The molecular weight excluding hydrogens is 168 g/mol. The first-order chi connectivity index (χ1) is 6.22. The molecule has 0 atom stereocenters. The maximum Gasteiger partial charge on any atom is 0.272 e. The Kier molecular flexibility index (Phi) is 1.43. The highest BCUT2D eigenvalue weighted by atomic mass is 16.1. The van der Waals surface area contributed by atoms with Crippen molar-refractivity contribution >= 4 is 5.65 Å². The smallest absolute Gasteiger partial charge is 0.272 e. The van der Waals surface area contributed by atoms with Gasteiger partial charge in [0.2, 0.25) is 0 Å². The second-order valence-electron chi connectivity index (χ2n) is 2.69. The number of nitrogens with zero attached hydrogens (tertiary/aromatic N) is 3. The predicted octanol–water partition coefficient (Wildman–Crippen LogP) is 0.203. The molecule has 0 saturated carbocycles. The van der Waals surface area contributed by atoms with Crippen molar-refractivity contribution < 1.29 is 0 Å². The van der Waals surface area contributed by atoms with Crippen molar-refractivity contribution in [2.24, 2.45) is 0 Å². The molecule has 0 radical (unpaired) electrons. The SMILES string of the molecule is Cc1cc(=O)n2[nH]cc(C#N)c2n1. The minimum atomic E-state index is -0.205. The summed E-state index contributed by atoms with van der Waals surface area (Å²) in [5.41, 5.74) is 1.17. The average Bonchev–Trinajstić information content (AvgIpc) is 2.47. The lowest BCUT2D eigenvalue weighted by Gasteiger charge is -1.93. The Bertz CT molecular complexity index is 558. The predicted molar refractivity (Wildman–Crippen MR) is 45.3 cm³/mol. The topological polar surface area (TPSA) is 73.9 Å². The molecule has 5 nitrogen and oxygen atoms in total. The molecule has 1 N–H and O–H groups in total. The van der Waals surface area contributed by atoms with Crippen molar-refractivity contribution in [3.8, 4) is 6.07 Å². The molecule has 0 bridgehead atoms. The fourth-order valence-corrected chi connectivity index (χ4v) is 1.18. The van der Waals surface area contributed by atoms with Crippen molar-refractivity contribution in [1.82, 2.24) is 14.6 Å². The molecule has 0 unspecified atom stereocenters. The second-order valence-corrected chi connectivity index (χ2v) is 2.69. The molecule has 2 aromatic heterocycles. The van der Waals surface area contributed by atoms with Gasteiger partial charge in [-0.15, -0.1) is 0 Å². The molecule has 64 valence electrons. The molecule has 13 heavy (non-hydrogen) atoms. The van der Waals surface area contributed by atoms with Gasteiger partial charge in [-0.25, -0.2) is 9.50 Å². The van der Waals surface area contributed by atoms with E-state index in [0.29, 0.717) is 16.9 Å². The number of hydrogen-bond acceptors (Lipinski definition) is 3. The second kappa shape index (κ2) is 2.45. The molecule has 0 aliphatic heterocycles. The maximum atomic E-state index is 11.3. The molecule has 0 aliphatic carbocycles. The maximum absolute atomic E-state index is 11.3. The molecule has 5 heteroatoms. The number of rotatable bonds is 0. The normalized spacial score (nSPS) is 10.2. The van der Waals surface area contributed by atoms with E-state index < -0.39 is 0 Å². The van der Waals surface area contributed by atoms with Crippen LogP contribution in [0, 0.1) is 18.3 Å². The highest BCUT2D eigenvalue weighted by molar-refractivity contribution is 5.53. The first-order valence-electron chi connectivity index (χ1n) is 3.70. The number of H-pyrrole nitrogens is 1. The van der Waals surface area contributed by atoms with Crippen LogP contribution in [0.1, 0.15) is 11.3 Å². The summed E-state index contributed by atoms with van der Waals surface area (Å²) in [5.74, 6) is 0. The van der Waals surface area contributed by atoms with Crippen LogP contribution in [-0.4, -0.2) is 14.6 Å². The molecule has 2 heterocycles. The fourth-order valence-electron chi connectivity index (χ4n) is 1.18. The molecule has 0 spiro atoms. The van der Waals surface area contributed by atoms with Gasteiger partial charge >= 0.3 is 0 Å². The van der Waals surface area contributed by atoms with Gasteiger partial charge in [-0.3, -0.25) is 9.89 Å². The lowest BCUT2D eigenvalue weighted by Crippen LogP contribution is -2.14. The minimum Gasteiger partial charge on any atom is -0.295 e. The molecule has 0 aliphatic rings. The summed E-state index contributed by atoms with van der Waals surface area (Å²) >= 11 is 0. The first-order valence-corrected chi connectivity index (χ1v) is 3.70. The van der Waals surface area contributed by atoms with Crippen LogP contribution in [0.15, 0.2) is 17.1 Å². The van der Waals surface area contributed by atoms with Crippen LogP contribution in [0.2, 0.25) is 0 Å². The average molecular weight is 174 g/mol. The zero-order valence-corrected chi connectivity index (χ0v) is 6.90. The number of aromatic nitrogens is 3. The van der Waals surface area contributed by atoms with Crippen molar-refractivity contribution in [3.05, 3.63) is 33.9 Å². The zero-order chi connectivity index (χ0) is 9.42. The van der Waals surface area contributed by atoms with E-state index >= 15 is 0 Å². The van der Waals surface area contributed by atoms with Crippen LogP contribution in [0.25, 0.3) is 5.65 Å². The van der Waals surface area contributed by atoms with Crippen molar-refractivity contribution in [1.29, 1.82) is 5.26 Å². The number of nitrogens with one attached hydrogen (secondary N) is 1. The summed E-state index contributed by atoms with van der Waals surface area (Å²) in [6, 6.07) is 3.36. The Morgan fingerprint density at radius 3 is 3.15 bits per heavy atom. The van der Waals surface area contributed by atoms with Crippen molar-refractivity contribution in [2.75, 3.05) is 0 Å². The molecule has 0 amide bonds. The van der Waals surface area contributed by atoms with Gasteiger partial charge in [-0.2, -0.15) is 5.26 Å². The number of aryl methyl sites for hydroxylation is 1. The van der Waals surface area contributed by atoms with Crippen LogP contribution in [0.3, 0.4) is 0 Å². The summed E-state index contributed by atoms with van der Waals surface area (Å²) in [7, 11) is 0. The molecular formula is C8H6N4O. The number of hydrogen-bond donors (Lipinski definition) is 1. The van der Waals surface area contributed by atoms with E-state index in [1.54, 1.807) is 6.92 Å². The van der Waals surface area contributed by atoms with E-state index in [9.17, 15) is 4.79 Å². The first kappa shape index (κ1) is 7.55. The van der Waals surface area contributed by atoms with Gasteiger partial charge in [-0.1, -0.05) is 0 Å². The largest absolute Gasteiger partial charge is 0.295 e.